The number of aliphatic carboxylic acids is 1. The Balaban J connectivity index is 1.70. The van der Waals surface area contributed by atoms with Gasteiger partial charge in [-0.3, -0.25) is 4.79 Å². The van der Waals surface area contributed by atoms with Gasteiger partial charge < -0.3 is 10.0 Å². The Bertz CT molecular complexity index is 728. The number of carboxylic acids is 1. The highest BCUT2D eigenvalue weighted by Crippen LogP contribution is 2.23. The van der Waals surface area contributed by atoms with E-state index in [1.807, 2.05) is 37.3 Å². The van der Waals surface area contributed by atoms with Gasteiger partial charge in [-0.25, -0.2) is 9.48 Å². The zero-order chi connectivity index (χ0) is 17.1. The van der Waals surface area contributed by atoms with Crippen molar-refractivity contribution in [3.63, 3.8) is 0 Å². The van der Waals surface area contributed by atoms with Crippen molar-refractivity contribution in [2.24, 2.45) is 5.92 Å². The molecule has 2 aromatic rings. The van der Waals surface area contributed by atoms with E-state index in [9.17, 15) is 14.7 Å². The minimum absolute atomic E-state index is 0.00199. The number of rotatable bonds is 4. The standard InChI is InChI=1S/C17H20N4O3/c1-12-7-8-21(15(9-12)17(23)24)16(22)11-20-10-14(18-19-20)13-5-3-2-4-6-13/h2-6,10,12,15H,7-9,11H2,1H3,(H,23,24). The molecule has 7 nitrogen and oxygen atoms in total. The quantitative estimate of drug-likeness (QED) is 0.922. The van der Waals surface area contributed by atoms with Crippen molar-refractivity contribution >= 4 is 11.9 Å². The molecule has 1 N–H and O–H groups in total. The van der Waals surface area contributed by atoms with Crippen molar-refractivity contribution in [3.05, 3.63) is 36.5 Å². The van der Waals surface area contributed by atoms with E-state index in [-0.39, 0.29) is 12.5 Å². The Morgan fingerprint density at radius 2 is 2.04 bits per heavy atom. The number of carboxylic acid groups (broad SMARTS) is 1. The van der Waals surface area contributed by atoms with E-state index < -0.39 is 12.0 Å². The number of amides is 1. The van der Waals surface area contributed by atoms with Crippen LogP contribution in [0.2, 0.25) is 0 Å². The second kappa shape index (κ2) is 6.82. The van der Waals surface area contributed by atoms with E-state index in [1.54, 1.807) is 6.20 Å². The summed E-state index contributed by atoms with van der Waals surface area (Å²) in [6.45, 7) is 2.48. The zero-order valence-electron chi connectivity index (χ0n) is 13.5. The van der Waals surface area contributed by atoms with Gasteiger partial charge >= 0.3 is 5.97 Å². The normalized spacial score (nSPS) is 20.8. The van der Waals surface area contributed by atoms with Crippen LogP contribution in [0.3, 0.4) is 0 Å². The summed E-state index contributed by atoms with van der Waals surface area (Å²) in [6, 6.07) is 8.82. The summed E-state index contributed by atoms with van der Waals surface area (Å²) in [7, 11) is 0. The van der Waals surface area contributed by atoms with Gasteiger partial charge in [-0.1, -0.05) is 42.5 Å². The smallest absolute Gasteiger partial charge is 0.326 e. The first-order chi connectivity index (χ1) is 11.5. The fourth-order valence-electron chi connectivity index (χ4n) is 3.02. The van der Waals surface area contributed by atoms with Gasteiger partial charge in [-0.05, 0) is 18.8 Å². The number of piperidine rings is 1. The van der Waals surface area contributed by atoms with E-state index in [0.717, 1.165) is 12.0 Å². The predicted molar refractivity (Wildman–Crippen MR) is 87.0 cm³/mol. The van der Waals surface area contributed by atoms with E-state index in [0.29, 0.717) is 24.6 Å². The third-order valence-electron chi connectivity index (χ3n) is 4.38. The molecule has 1 aliphatic rings. The number of hydrogen-bond donors (Lipinski definition) is 1. The predicted octanol–water partition coefficient (Wildman–Crippen LogP) is 1.66. The van der Waals surface area contributed by atoms with Gasteiger partial charge in [0.1, 0.15) is 18.3 Å². The first-order valence-electron chi connectivity index (χ1n) is 8.02. The number of carbonyl (C=O) groups is 2. The van der Waals surface area contributed by atoms with Crippen LogP contribution in [0.5, 0.6) is 0 Å². The molecule has 1 fully saturated rings. The Hall–Kier alpha value is -2.70. The summed E-state index contributed by atoms with van der Waals surface area (Å²) in [5.74, 6) is -0.872. The molecule has 24 heavy (non-hydrogen) atoms. The molecule has 2 atom stereocenters. The molecule has 1 aromatic heterocycles. The van der Waals surface area contributed by atoms with Crippen molar-refractivity contribution in [3.8, 4) is 11.3 Å². The molecule has 126 valence electrons. The molecule has 0 radical (unpaired) electrons. The van der Waals surface area contributed by atoms with Crippen LogP contribution in [-0.4, -0.2) is 49.5 Å². The molecule has 1 amide bonds. The van der Waals surface area contributed by atoms with Crippen LogP contribution in [0.25, 0.3) is 11.3 Å². The fraction of sp³-hybridized carbons (Fsp3) is 0.412. The monoisotopic (exact) mass is 328 g/mol. The maximum absolute atomic E-state index is 12.5. The molecule has 1 aromatic carbocycles. The molecule has 0 aliphatic carbocycles. The van der Waals surface area contributed by atoms with Gasteiger partial charge in [0.15, 0.2) is 0 Å². The summed E-state index contributed by atoms with van der Waals surface area (Å²) in [6.07, 6.45) is 3.02. The van der Waals surface area contributed by atoms with E-state index in [2.05, 4.69) is 10.3 Å². The third-order valence-corrected chi connectivity index (χ3v) is 4.38. The van der Waals surface area contributed by atoms with Crippen LogP contribution in [0.4, 0.5) is 0 Å². The van der Waals surface area contributed by atoms with Crippen LogP contribution >= 0.6 is 0 Å². The Labute approximate surface area is 139 Å². The van der Waals surface area contributed by atoms with Gasteiger partial charge in [-0.2, -0.15) is 0 Å². The maximum atomic E-state index is 12.5. The van der Waals surface area contributed by atoms with Gasteiger partial charge in [0.05, 0.1) is 6.20 Å². The number of carbonyl (C=O) groups excluding carboxylic acids is 1. The minimum Gasteiger partial charge on any atom is -0.480 e. The lowest BCUT2D eigenvalue weighted by molar-refractivity contribution is -0.153. The molecule has 0 saturated carbocycles. The molecule has 0 bridgehead atoms. The second-order valence-electron chi connectivity index (χ2n) is 6.24. The number of aromatic nitrogens is 3. The summed E-state index contributed by atoms with van der Waals surface area (Å²) in [4.78, 5) is 25.4. The first kappa shape index (κ1) is 16.2. The van der Waals surface area contributed by atoms with Gasteiger partial charge in [0.2, 0.25) is 5.91 Å². The molecular formula is C17H20N4O3. The van der Waals surface area contributed by atoms with Crippen molar-refractivity contribution in [1.82, 2.24) is 19.9 Å². The summed E-state index contributed by atoms with van der Waals surface area (Å²) >= 11 is 0. The topological polar surface area (TPSA) is 88.3 Å². The minimum atomic E-state index is -0.946. The van der Waals surface area contributed by atoms with Crippen LogP contribution in [0.15, 0.2) is 36.5 Å². The summed E-state index contributed by atoms with van der Waals surface area (Å²) in [5, 5.41) is 17.4. The molecule has 7 heteroatoms. The molecule has 2 unspecified atom stereocenters. The van der Waals surface area contributed by atoms with E-state index in [1.165, 1.54) is 9.58 Å². The Kier molecular flexibility index (Phi) is 4.59. The van der Waals surface area contributed by atoms with E-state index >= 15 is 0 Å². The molecule has 2 heterocycles. The molecule has 1 saturated heterocycles. The summed E-state index contributed by atoms with van der Waals surface area (Å²) < 4.78 is 1.46. The van der Waals surface area contributed by atoms with E-state index in [4.69, 9.17) is 0 Å². The van der Waals surface area contributed by atoms with Crippen molar-refractivity contribution in [2.75, 3.05) is 6.54 Å². The first-order valence-corrected chi connectivity index (χ1v) is 8.02. The number of likely N-dealkylation sites (tertiary alicyclic amines) is 1. The SMILES string of the molecule is CC1CCN(C(=O)Cn2cc(-c3ccccc3)nn2)C(C(=O)O)C1. The average Bonchev–Trinajstić information content (AvgIpc) is 3.04. The summed E-state index contributed by atoms with van der Waals surface area (Å²) in [5.41, 5.74) is 1.61. The largest absolute Gasteiger partial charge is 0.480 e. The second-order valence-corrected chi connectivity index (χ2v) is 6.24. The number of benzene rings is 1. The molecule has 3 rings (SSSR count). The zero-order valence-corrected chi connectivity index (χ0v) is 13.5. The van der Waals surface area contributed by atoms with Crippen LogP contribution in [0, 0.1) is 5.92 Å². The van der Waals surface area contributed by atoms with Gasteiger partial charge in [0, 0.05) is 12.1 Å². The Morgan fingerprint density at radius 3 is 2.75 bits per heavy atom. The molecular weight excluding hydrogens is 308 g/mol. The van der Waals surface area contributed by atoms with Crippen LogP contribution in [0.1, 0.15) is 19.8 Å². The Morgan fingerprint density at radius 1 is 1.29 bits per heavy atom. The molecule has 1 aliphatic heterocycles. The van der Waals surface area contributed by atoms with Crippen LogP contribution in [-0.2, 0) is 16.1 Å². The van der Waals surface area contributed by atoms with Crippen LogP contribution < -0.4 is 0 Å². The number of hydrogen-bond acceptors (Lipinski definition) is 4. The number of nitrogens with zero attached hydrogens (tertiary/aromatic N) is 4. The highest BCUT2D eigenvalue weighted by molar-refractivity contribution is 5.83. The third kappa shape index (κ3) is 3.45. The average molecular weight is 328 g/mol. The lowest BCUT2D eigenvalue weighted by atomic mass is 9.92. The van der Waals surface area contributed by atoms with Crippen molar-refractivity contribution in [1.29, 1.82) is 0 Å². The van der Waals surface area contributed by atoms with Gasteiger partial charge in [0.25, 0.3) is 0 Å². The van der Waals surface area contributed by atoms with Crippen molar-refractivity contribution in [2.45, 2.75) is 32.4 Å². The maximum Gasteiger partial charge on any atom is 0.326 e. The highest BCUT2D eigenvalue weighted by Gasteiger charge is 2.34. The lowest BCUT2D eigenvalue weighted by Crippen LogP contribution is -2.50. The van der Waals surface area contributed by atoms with Crippen molar-refractivity contribution < 1.29 is 14.7 Å². The lowest BCUT2D eigenvalue weighted by Gasteiger charge is -2.35. The fourth-order valence-corrected chi connectivity index (χ4v) is 3.02. The highest BCUT2D eigenvalue weighted by atomic mass is 16.4. The molecule has 0 spiro atoms. The van der Waals surface area contributed by atoms with Gasteiger partial charge in [-0.15, -0.1) is 5.10 Å².